The first-order chi connectivity index (χ1) is 20.4. The molecule has 0 spiro atoms. The molecule has 0 aliphatic carbocycles. The third-order valence-electron chi connectivity index (χ3n) is 6.61. The van der Waals surface area contributed by atoms with Crippen molar-refractivity contribution in [1.29, 1.82) is 0 Å². The largest absolute Gasteiger partial charge is 0.455 e. The number of nitrogens with zero attached hydrogens (tertiary/aromatic N) is 2. The number of esters is 2. The summed E-state index contributed by atoms with van der Waals surface area (Å²) in [5.74, 6) is -2.07. The van der Waals surface area contributed by atoms with Gasteiger partial charge in [-0.2, -0.15) is 0 Å². The van der Waals surface area contributed by atoms with Crippen molar-refractivity contribution in [3.05, 3.63) is 94.3 Å². The second-order valence-electron chi connectivity index (χ2n) is 10.9. The maximum absolute atomic E-state index is 13.4. The minimum absolute atomic E-state index is 0.0142. The number of thiazole rings is 1. The van der Waals surface area contributed by atoms with E-state index in [0.717, 1.165) is 22.5 Å². The molecule has 0 bridgehead atoms. The van der Waals surface area contributed by atoms with Crippen LogP contribution < -0.4 is 16.8 Å². The molecule has 3 atom stereocenters. The van der Waals surface area contributed by atoms with Crippen molar-refractivity contribution >= 4 is 51.9 Å². The summed E-state index contributed by atoms with van der Waals surface area (Å²) in [6.45, 7) is 5.15. The van der Waals surface area contributed by atoms with Crippen molar-refractivity contribution < 1.29 is 28.7 Å². The molecule has 5 rings (SSSR count). The number of hydrogen-bond donors (Lipinski definition) is 3. The highest BCUT2D eigenvalue weighted by molar-refractivity contribution is 8.00. The number of nitrogens with one attached hydrogen (secondary N) is 1. The first-order valence-electron chi connectivity index (χ1n) is 13.5. The average molecular weight is 622 g/mol. The third-order valence-corrected chi connectivity index (χ3v) is 8.68. The van der Waals surface area contributed by atoms with Crippen LogP contribution >= 0.6 is 23.1 Å². The predicted molar refractivity (Wildman–Crippen MR) is 163 cm³/mol. The number of nitrogen functional groups attached to an aromatic ring is 1. The molecule has 224 valence electrons. The number of anilines is 1. The van der Waals surface area contributed by atoms with Crippen LogP contribution in [-0.4, -0.2) is 56.4 Å². The summed E-state index contributed by atoms with van der Waals surface area (Å²) in [4.78, 5) is 57.6. The molecule has 1 saturated heterocycles. The van der Waals surface area contributed by atoms with E-state index in [-0.39, 0.29) is 21.4 Å². The normalized spacial score (nSPS) is 18.7. The zero-order chi connectivity index (χ0) is 30.9. The van der Waals surface area contributed by atoms with Crippen molar-refractivity contribution in [2.24, 2.45) is 5.73 Å². The van der Waals surface area contributed by atoms with Gasteiger partial charge in [0.05, 0.1) is 0 Å². The van der Waals surface area contributed by atoms with E-state index in [2.05, 4.69) is 10.3 Å². The number of hydrogen-bond acceptors (Lipinski definition) is 11. The van der Waals surface area contributed by atoms with E-state index in [9.17, 15) is 19.2 Å². The summed E-state index contributed by atoms with van der Waals surface area (Å²) in [7, 11) is 0. The molecule has 2 aliphatic heterocycles. The lowest BCUT2D eigenvalue weighted by Crippen LogP contribution is -2.70. The Kier molecular flexibility index (Phi) is 8.58. The average Bonchev–Trinajstić information content (AvgIpc) is 3.39. The summed E-state index contributed by atoms with van der Waals surface area (Å²) < 4.78 is 11.3. The van der Waals surface area contributed by atoms with Gasteiger partial charge in [0.25, 0.3) is 5.91 Å². The van der Waals surface area contributed by atoms with Crippen LogP contribution in [0, 0.1) is 0 Å². The molecule has 11 nitrogen and oxygen atoms in total. The third kappa shape index (κ3) is 6.43. The number of nitrogens with two attached hydrogens (primary N) is 2. The molecule has 3 aromatic rings. The highest BCUT2D eigenvalue weighted by atomic mass is 32.2. The summed E-state index contributed by atoms with van der Waals surface area (Å²) in [6, 6.07) is 16.4. The molecule has 0 saturated carbocycles. The van der Waals surface area contributed by atoms with E-state index in [4.69, 9.17) is 20.9 Å². The van der Waals surface area contributed by atoms with Gasteiger partial charge in [0.2, 0.25) is 10.9 Å². The minimum Gasteiger partial charge on any atom is -0.455 e. The fraction of sp³-hybridized carbons (Fsp3) is 0.300. The van der Waals surface area contributed by atoms with Gasteiger partial charge in [-0.3, -0.25) is 14.5 Å². The predicted octanol–water partition coefficient (Wildman–Crippen LogP) is 3.30. The molecule has 13 heteroatoms. The minimum atomic E-state index is -1.33. The van der Waals surface area contributed by atoms with Crippen LogP contribution in [0.4, 0.5) is 5.00 Å². The summed E-state index contributed by atoms with van der Waals surface area (Å²) in [6.07, 6.45) is 0.967. The van der Waals surface area contributed by atoms with Crippen LogP contribution in [-0.2, 0) is 23.9 Å². The van der Waals surface area contributed by atoms with Gasteiger partial charge in [-0.25, -0.2) is 14.6 Å². The van der Waals surface area contributed by atoms with Gasteiger partial charge in [0.15, 0.2) is 6.10 Å². The van der Waals surface area contributed by atoms with Crippen LogP contribution in [0.15, 0.2) is 72.4 Å². The Labute approximate surface area is 256 Å². The van der Waals surface area contributed by atoms with Crippen molar-refractivity contribution in [1.82, 2.24) is 15.2 Å². The van der Waals surface area contributed by atoms with Crippen LogP contribution in [0.5, 0.6) is 0 Å². The molecule has 2 amide bonds. The smallest absolute Gasteiger partial charge is 0.368 e. The van der Waals surface area contributed by atoms with Gasteiger partial charge in [0.1, 0.15) is 39.5 Å². The highest BCUT2D eigenvalue weighted by Crippen LogP contribution is 2.39. The van der Waals surface area contributed by atoms with Crippen LogP contribution in [0.1, 0.15) is 59.5 Å². The number of rotatable bonds is 8. The second kappa shape index (κ2) is 12.2. The van der Waals surface area contributed by atoms with Crippen molar-refractivity contribution in [2.75, 3.05) is 11.5 Å². The molecular weight excluding hydrogens is 590 g/mol. The first-order valence-corrected chi connectivity index (χ1v) is 15.3. The Morgan fingerprint density at radius 3 is 2.21 bits per heavy atom. The zero-order valence-electron chi connectivity index (χ0n) is 23.7. The Morgan fingerprint density at radius 2 is 1.63 bits per heavy atom. The summed E-state index contributed by atoms with van der Waals surface area (Å²) in [5.41, 5.74) is 13.1. The molecular formula is C30H31N5O6S2. The number of thioether (sulfide) groups is 1. The molecule has 0 unspecified atom stereocenters. The topological polar surface area (TPSA) is 167 Å². The van der Waals surface area contributed by atoms with Gasteiger partial charge in [-0.1, -0.05) is 72.0 Å². The van der Waals surface area contributed by atoms with E-state index >= 15 is 0 Å². The van der Waals surface area contributed by atoms with Gasteiger partial charge >= 0.3 is 11.9 Å². The fourth-order valence-corrected chi connectivity index (χ4v) is 6.57. The van der Waals surface area contributed by atoms with Crippen LogP contribution in [0.3, 0.4) is 0 Å². The van der Waals surface area contributed by atoms with E-state index in [0.29, 0.717) is 5.75 Å². The monoisotopic (exact) mass is 621 g/mol. The van der Waals surface area contributed by atoms with Crippen molar-refractivity contribution in [2.45, 2.75) is 49.9 Å². The molecule has 43 heavy (non-hydrogen) atoms. The molecule has 2 aromatic carbocycles. The Balaban J connectivity index is 1.26. The van der Waals surface area contributed by atoms with E-state index in [1.54, 1.807) is 26.8 Å². The number of fused-ring (bicyclic) bond motifs is 1. The molecule has 1 fully saturated rings. The molecule has 2 aliphatic rings. The SMILES string of the molecule is CC(C)(C)OC(=O)c1nc([C@H](N)C(=O)N[C@@H]2C(=O)N3C(C(=O)OC(c4ccccc4)c4ccccc4)=CCS[C@H]23)c(N)s1. The number of benzene rings is 2. The molecule has 0 radical (unpaired) electrons. The fourth-order valence-electron chi connectivity index (χ4n) is 4.62. The van der Waals surface area contributed by atoms with E-state index in [1.165, 1.54) is 16.7 Å². The van der Waals surface area contributed by atoms with Crippen LogP contribution in [0.2, 0.25) is 0 Å². The summed E-state index contributed by atoms with van der Waals surface area (Å²) in [5, 5.41) is 2.19. The molecule has 3 heterocycles. The van der Waals surface area contributed by atoms with Crippen molar-refractivity contribution in [3.8, 4) is 0 Å². The van der Waals surface area contributed by atoms with E-state index in [1.807, 2.05) is 60.7 Å². The number of carbonyl (C=O) groups is 4. The van der Waals surface area contributed by atoms with Gasteiger partial charge in [0, 0.05) is 5.75 Å². The standard InChI is InChI=1S/C30H31N5O6S2/c1-30(2,3)41-29(39)25-34-20(23(32)43-25)19(31)24(36)33-21-26(37)35-18(14-15-42-27(21)35)28(38)40-22(16-10-6-4-7-11-16)17-12-8-5-9-13-17/h4-14,19,21-22,27H,15,31-32H2,1-3H3,(H,33,36)/t19-,21+,27+/m0/s1. The number of ether oxygens (including phenoxy) is 2. The Hall–Kier alpha value is -4.20. The zero-order valence-corrected chi connectivity index (χ0v) is 25.3. The Bertz CT molecular complexity index is 1530. The van der Waals surface area contributed by atoms with Gasteiger partial charge in [-0.15, -0.1) is 11.8 Å². The first kappa shape index (κ1) is 30.3. The molecule has 1 aromatic heterocycles. The molecule has 5 N–H and O–H groups in total. The summed E-state index contributed by atoms with van der Waals surface area (Å²) >= 11 is 2.25. The number of amides is 2. The van der Waals surface area contributed by atoms with Crippen molar-refractivity contribution in [3.63, 3.8) is 0 Å². The highest BCUT2D eigenvalue weighted by Gasteiger charge is 2.53. The maximum atomic E-state index is 13.4. The lowest BCUT2D eigenvalue weighted by molar-refractivity contribution is -0.154. The maximum Gasteiger partial charge on any atom is 0.368 e. The second-order valence-corrected chi connectivity index (χ2v) is 13.0. The lowest BCUT2D eigenvalue weighted by atomic mass is 10.0. The van der Waals surface area contributed by atoms with Crippen LogP contribution in [0.25, 0.3) is 0 Å². The van der Waals surface area contributed by atoms with Gasteiger partial charge in [-0.05, 0) is 38.0 Å². The quantitative estimate of drug-likeness (QED) is 0.251. The van der Waals surface area contributed by atoms with E-state index < -0.39 is 52.9 Å². The number of β-lactam (4-membered cyclic amide) rings is 1. The Morgan fingerprint density at radius 1 is 1.02 bits per heavy atom. The number of carbonyl (C=O) groups excluding carboxylic acids is 4. The lowest BCUT2D eigenvalue weighted by Gasteiger charge is -2.48. The van der Waals surface area contributed by atoms with Gasteiger partial charge < -0.3 is 26.3 Å². The number of aromatic nitrogens is 1.